The molecule has 0 aliphatic carbocycles. The van der Waals surface area contributed by atoms with E-state index in [9.17, 15) is 14.4 Å². The van der Waals surface area contributed by atoms with Crippen LogP contribution in [0.1, 0.15) is 21.5 Å². The van der Waals surface area contributed by atoms with Crippen molar-refractivity contribution in [2.75, 3.05) is 25.1 Å². The Balaban J connectivity index is 1.35. The molecule has 0 saturated carbocycles. The molecular weight excluding hydrogens is 348 g/mol. The Hall–Kier alpha value is -3.35. The van der Waals surface area contributed by atoms with Gasteiger partial charge in [-0.3, -0.25) is 9.59 Å². The Morgan fingerprint density at radius 2 is 1.96 bits per heavy atom. The first-order valence-corrected chi connectivity index (χ1v) is 8.68. The van der Waals surface area contributed by atoms with Gasteiger partial charge in [-0.05, 0) is 35.7 Å². The molecule has 0 saturated heterocycles. The predicted molar refractivity (Wildman–Crippen MR) is 96.4 cm³/mol. The van der Waals surface area contributed by atoms with Crippen molar-refractivity contribution in [2.45, 2.75) is 13.0 Å². The van der Waals surface area contributed by atoms with Crippen LogP contribution in [0, 0.1) is 0 Å². The zero-order chi connectivity index (χ0) is 18.8. The van der Waals surface area contributed by atoms with Crippen LogP contribution in [0.25, 0.3) is 0 Å². The van der Waals surface area contributed by atoms with Crippen LogP contribution in [0.2, 0.25) is 0 Å². The van der Waals surface area contributed by atoms with Gasteiger partial charge >= 0.3 is 5.97 Å². The quantitative estimate of drug-likeness (QED) is 0.837. The van der Waals surface area contributed by atoms with Gasteiger partial charge in [0.1, 0.15) is 5.75 Å². The highest BCUT2D eigenvalue weighted by Gasteiger charge is 2.22. The average Bonchev–Trinajstić information content (AvgIpc) is 2.71. The first-order valence-electron chi connectivity index (χ1n) is 8.68. The lowest BCUT2D eigenvalue weighted by Crippen LogP contribution is -2.38. The van der Waals surface area contributed by atoms with Crippen LogP contribution < -0.4 is 10.1 Å². The molecule has 138 valence electrons. The lowest BCUT2D eigenvalue weighted by molar-refractivity contribution is -0.135. The summed E-state index contributed by atoms with van der Waals surface area (Å²) in [6, 6.07) is 12.6. The van der Waals surface area contributed by atoms with E-state index in [1.807, 2.05) is 18.2 Å². The molecule has 0 radical (unpaired) electrons. The van der Waals surface area contributed by atoms with Gasteiger partial charge in [-0.2, -0.15) is 0 Å². The van der Waals surface area contributed by atoms with Crippen molar-refractivity contribution in [3.05, 3.63) is 59.2 Å². The molecule has 0 unspecified atom stereocenters. The summed E-state index contributed by atoms with van der Waals surface area (Å²) in [6.07, 6.45) is 0.795. The van der Waals surface area contributed by atoms with E-state index >= 15 is 0 Å². The van der Waals surface area contributed by atoms with Gasteiger partial charge in [0.25, 0.3) is 11.8 Å². The van der Waals surface area contributed by atoms with Crippen molar-refractivity contribution in [1.29, 1.82) is 0 Å². The predicted octanol–water partition coefficient (Wildman–Crippen LogP) is 1.76. The first kappa shape index (κ1) is 17.1. The van der Waals surface area contributed by atoms with Crippen LogP contribution in [0.4, 0.5) is 5.69 Å². The lowest BCUT2D eigenvalue weighted by atomic mass is 10.00. The van der Waals surface area contributed by atoms with E-state index in [1.165, 1.54) is 17.7 Å². The molecule has 0 fully saturated rings. The Morgan fingerprint density at radius 1 is 1.15 bits per heavy atom. The number of anilines is 1. The maximum atomic E-state index is 12.4. The van der Waals surface area contributed by atoms with E-state index in [2.05, 4.69) is 11.4 Å². The Bertz CT molecular complexity index is 924. The van der Waals surface area contributed by atoms with Gasteiger partial charge in [0.05, 0.1) is 11.3 Å². The number of nitrogens with one attached hydrogen (secondary N) is 1. The van der Waals surface area contributed by atoms with Gasteiger partial charge in [0, 0.05) is 13.1 Å². The minimum Gasteiger partial charge on any atom is -0.482 e. The number of amides is 2. The molecule has 2 amide bonds. The number of fused-ring (bicyclic) bond motifs is 2. The third-order valence-corrected chi connectivity index (χ3v) is 4.66. The van der Waals surface area contributed by atoms with E-state index in [1.54, 1.807) is 11.0 Å². The van der Waals surface area contributed by atoms with Gasteiger partial charge in [-0.1, -0.05) is 24.3 Å². The summed E-state index contributed by atoms with van der Waals surface area (Å²) < 4.78 is 10.5. The van der Waals surface area contributed by atoms with Gasteiger partial charge in [0.2, 0.25) is 0 Å². The van der Waals surface area contributed by atoms with Crippen molar-refractivity contribution in [2.24, 2.45) is 0 Å². The lowest BCUT2D eigenvalue weighted by Gasteiger charge is -2.28. The molecule has 2 aromatic rings. The summed E-state index contributed by atoms with van der Waals surface area (Å²) in [4.78, 5) is 37.6. The molecule has 0 bridgehead atoms. The largest absolute Gasteiger partial charge is 0.482 e. The standard InChI is InChI=1S/C20H18N2O5/c23-18-11-26-17-9-14(5-6-16(17)21-18)20(25)27-12-19(24)22-8-7-13-3-1-2-4-15(13)10-22/h1-6,9H,7-8,10-12H2,(H,21,23). The van der Waals surface area contributed by atoms with E-state index in [0.29, 0.717) is 24.5 Å². The number of benzene rings is 2. The van der Waals surface area contributed by atoms with Gasteiger partial charge < -0.3 is 19.7 Å². The highest BCUT2D eigenvalue weighted by atomic mass is 16.5. The smallest absolute Gasteiger partial charge is 0.338 e. The molecule has 7 heteroatoms. The fourth-order valence-corrected chi connectivity index (χ4v) is 3.21. The molecule has 4 rings (SSSR count). The van der Waals surface area contributed by atoms with Crippen molar-refractivity contribution in [1.82, 2.24) is 4.90 Å². The topological polar surface area (TPSA) is 84.9 Å². The molecule has 0 atom stereocenters. The fourth-order valence-electron chi connectivity index (χ4n) is 3.21. The summed E-state index contributed by atoms with van der Waals surface area (Å²) >= 11 is 0. The van der Waals surface area contributed by atoms with Crippen molar-refractivity contribution >= 4 is 23.5 Å². The molecular formula is C20H18N2O5. The SMILES string of the molecule is O=C1COc2cc(C(=O)OCC(=O)N3CCc4ccccc4C3)ccc2N1. The van der Waals surface area contributed by atoms with Crippen molar-refractivity contribution in [3.63, 3.8) is 0 Å². The van der Waals surface area contributed by atoms with E-state index in [4.69, 9.17) is 9.47 Å². The third-order valence-electron chi connectivity index (χ3n) is 4.66. The Morgan fingerprint density at radius 3 is 2.81 bits per heavy atom. The van der Waals surface area contributed by atoms with Gasteiger partial charge in [0.15, 0.2) is 13.2 Å². The zero-order valence-electron chi connectivity index (χ0n) is 14.6. The molecule has 7 nitrogen and oxygen atoms in total. The molecule has 2 aliphatic heterocycles. The van der Waals surface area contributed by atoms with Crippen molar-refractivity contribution in [3.8, 4) is 5.75 Å². The number of hydrogen-bond donors (Lipinski definition) is 1. The minimum absolute atomic E-state index is 0.0968. The van der Waals surface area contributed by atoms with Crippen LogP contribution >= 0.6 is 0 Å². The molecule has 0 spiro atoms. The number of carbonyl (C=O) groups excluding carboxylic acids is 3. The molecule has 27 heavy (non-hydrogen) atoms. The monoisotopic (exact) mass is 366 g/mol. The summed E-state index contributed by atoms with van der Waals surface area (Å²) in [5.74, 6) is -0.669. The van der Waals surface area contributed by atoms with Crippen LogP contribution in [-0.2, 0) is 27.3 Å². The number of esters is 1. The third kappa shape index (κ3) is 3.62. The van der Waals surface area contributed by atoms with Gasteiger partial charge in [-0.15, -0.1) is 0 Å². The van der Waals surface area contributed by atoms with E-state index in [-0.39, 0.29) is 30.6 Å². The van der Waals surface area contributed by atoms with Crippen LogP contribution in [0.15, 0.2) is 42.5 Å². The van der Waals surface area contributed by atoms with Gasteiger partial charge in [-0.25, -0.2) is 4.79 Å². The molecule has 0 aromatic heterocycles. The summed E-state index contributed by atoms with van der Waals surface area (Å²) in [6.45, 7) is 0.731. The molecule has 2 aromatic carbocycles. The maximum Gasteiger partial charge on any atom is 0.338 e. The number of rotatable bonds is 3. The second-order valence-corrected chi connectivity index (χ2v) is 6.46. The number of carbonyl (C=O) groups is 3. The Kier molecular flexibility index (Phi) is 4.50. The van der Waals surface area contributed by atoms with Crippen molar-refractivity contribution < 1.29 is 23.9 Å². The molecule has 2 heterocycles. The Labute approximate surface area is 155 Å². The maximum absolute atomic E-state index is 12.4. The fraction of sp³-hybridized carbons (Fsp3) is 0.250. The van der Waals surface area contributed by atoms with Crippen LogP contribution in [-0.4, -0.2) is 42.4 Å². The number of nitrogens with zero attached hydrogens (tertiary/aromatic N) is 1. The summed E-state index contributed by atoms with van der Waals surface area (Å²) in [7, 11) is 0. The minimum atomic E-state index is -0.607. The second-order valence-electron chi connectivity index (χ2n) is 6.46. The highest BCUT2D eigenvalue weighted by molar-refractivity contribution is 5.97. The summed E-state index contributed by atoms with van der Waals surface area (Å²) in [5.41, 5.74) is 3.14. The second kappa shape index (κ2) is 7.11. The summed E-state index contributed by atoms with van der Waals surface area (Å²) in [5, 5.41) is 2.65. The average molecular weight is 366 g/mol. The number of ether oxygens (including phenoxy) is 2. The van der Waals surface area contributed by atoms with E-state index < -0.39 is 5.97 Å². The van der Waals surface area contributed by atoms with Crippen LogP contribution in [0.3, 0.4) is 0 Å². The van der Waals surface area contributed by atoms with Crippen LogP contribution in [0.5, 0.6) is 5.75 Å². The molecule has 2 aliphatic rings. The first-order chi connectivity index (χ1) is 13.1. The number of hydrogen-bond acceptors (Lipinski definition) is 5. The van der Waals surface area contributed by atoms with E-state index in [0.717, 1.165) is 12.0 Å². The molecule has 1 N–H and O–H groups in total. The highest BCUT2D eigenvalue weighted by Crippen LogP contribution is 2.28. The normalized spacial score (nSPS) is 15.1. The zero-order valence-corrected chi connectivity index (χ0v) is 14.6.